The fourth-order valence-electron chi connectivity index (χ4n) is 4.44. The SMILES string of the molecule is O=C1Nc2ccccc2C1=NCCc1ccc(O)cc1.O=C1Nc2ccccc2C1=NCCc1ccc(O)cc1.[Cl-].[Cl-].[Cu+2]. The number of anilines is 2. The first kappa shape index (κ1) is 35.1. The normalized spacial score (nSPS) is 14.1. The van der Waals surface area contributed by atoms with Gasteiger partial charge in [0.25, 0.3) is 11.8 Å². The van der Waals surface area contributed by atoms with Crippen LogP contribution in [-0.2, 0) is 39.5 Å². The van der Waals surface area contributed by atoms with Crippen LogP contribution in [0.5, 0.6) is 11.5 Å². The van der Waals surface area contributed by atoms with Crippen molar-refractivity contribution in [2.24, 2.45) is 9.98 Å². The van der Waals surface area contributed by atoms with Gasteiger partial charge in [0.1, 0.15) is 22.9 Å². The monoisotopic (exact) mass is 665 g/mol. The van der Waals surface area contributed by atoms with Gasteiger partial charge in [-0.3, -0.25) is 19.6 Å². The van der Waals surface area contributed by atoms with Crippen LogP contribution in [0.15, 0.2) is 107 Å². The summed E-state index contributed by atoms with van der Waals surface area (Å²) in [6, 6.07) is 29.2. The minimum atomic E-state index is -0.142. The van der Waals surface area contributed by atoms with E-state index >= 15 is 0 Å². The molecule has 0 fully saturated rings. The van der Waals surface area contributed by atoms with Gasteiger partial charge < -0.3 is 45.7 Å². The van der Waals surface area contributed by atoms with Gasteiger partial charge in [-0.25, -0.2) is 0 Å². The van der Waals surface area contributed by atoms with Gasteiger partial charge in [0.05, 0.1) is 11.4 Å². The summed E-state index contributed by atoms with van der Waals surface area (Å²) >= 11 is 0. The van der Waals surface area contributed by atoms with Crippen LogP contribution in [0.3, 0.4) is 0 Å². The number of hydrogen-bond acceptors (Lipinski definition) is 6. The number of amides is 2. The largest absolute Gasteiger partial charge is 2.00 e. The Hall–Kier alpha value is -4.14. The Kier molecular flexibility index (Phi) is 13.4. The first-order valence-corrected chi connectivity index (χ1v) is 12.9. The molecule has 2 aliphatic rings. The average molecular weight is 667 g/mol. The molecule has 0 saturated carbocycles. The van der Waals surface area contributed by atoms with Crippen LogP contribution < -0.4 is 35.4 Å². The fourth-order valence-corrected chi connectivity index (χ4v) is 4.44. The summed E-state index contributed by atoms with van der Waals surface area (Å²) in [7, 11) is 0. The Morgan fingerprint density at radius 1 is 0.535 bits per heavy atom. The zero-order chi connectivity index (χ0) is 27.9. The van der Waals surface area contributed by atoms with E-state index in [0.717, 1.165) is 46.5 Å². The number of aromatic hydroxyl groups is 2. The van der Waals surface area contributed by atoms with Crippen molar-refractivity contribution in [3.63, 3.8) is 0 Å². The van der Waals surface area contributed by atoms with E-state index in [9.17, 15) is 19.8 Å². The van der Waals surface area contributed by atoms with E-state index in [1.165, 1.54) is 0 Å². The minimum Gasteiger partial charge on any atom is -1.00 e. The molecule has 6 rings (SSSR count). The molecule has 4 N–H and O–H groups in total. The van der Waals surface area contributed by atoms with Gasteiger partial charge in [0.15, 0.2) is 0 Å². The standard InChI is InChI=1S/2C16H14N2O2.2ClH.Cu/c2*19-12-7-5-11(6-8-12)9-10-17-15-13-3-1-2-4-14(13)18-16(15)20;;;/h2*1-8,19H,9-10H2,(H,17,18,20);2*1H;/q;;;;+2/p-2. The van der Waals surface area contributed by atoms with E-state index < -0.39 is 0 Å². The van der Waals surface area contributed by atoms with Crippen LogP contribution in [0, 0.1) is 0 Å². The van der Waals surface area contributed by atoms with E-state index in [0.29, 0.717) is 24.5 Å². The number of para-hydroxylation sites is 2. The van der Waals surface area contributed by atoms with Gasteiger partial charge in [-0.1, -0.05) is 60.7 Å². The first-order chi connectivity index (χ1) is 19.5. The Morgan fingerprint density at radius 2 is 0.884 bits per heavy atom. The number of benzene rings is 4. The van der Waals surface area contributed by atoms with Crippen molar-refractivity contribution in [1.29, 1.82) is 0 Å². The number of aliphatic imine (C=N–C) groups is 2. The van der Waals surface area contributed by atoms with Crippen molar-refractivity contribution in [3.05, 3.63) is 119 Å². The molecule has 0 aliphatic carbocycles. The van der Waals surface area contributed by atoms with Crippen molar-refractivity contribution >= 4 is 34.6 Å². The summed E-state index contributed by atoms with van der Waals surface area (Å²) in [4.78, 5) is 32.5. The zero-order valence-electron chi connectivity index (χ0n) is 22.7. The molecule has 4 aromatic rings. The van der Waals surface area contributed by atoms with E-state index in [-0.39, 0.29) is 65.2 Å². The van der Waals surface area contributed by atoms with Gasteiger partial charge in [-0.2, -0.15) is 0 Å². The summed E-state index contributed by atoms with van der Waals surface area (Å²) in [5.41, 5.74) is 6.53. The average Bonchev–Trinajstić information content (AvgIpc) is 3.46. The molecule has 11 heteroatoms. The van der Waals surface area contributed by atoms with E-state index in [1.54, 1.807) is 24.3 Å². The molecule has 2 heterocycles. The molecule has 43 heavy (non-hydrogen) atoms. The van der Waals surface area contributed by atoms with Crippen LogP contribution >= 0.6 is 0 Å². The Labute approximate surface area is 272 Å². The molecule has 0 unspecified atom stereocenters. The molecule has 0 aromatic heterocycles. The molecule has 225 valence electrons. The number of carbonyl (C=O) groups excluding carboxylic acids is 2. The third kappa shape index (κ3) is 8.92. The van der Waals surface area contributed by atoms with Crippen LogP contribution in [0.2, 0.25) is 0 Å². The van der Waals surface area contributed by atoms with Gasteiger partial charge in [0, 0.05) is 24.2 Å². The summed E-state index contributed by atoms with van der Waals surface area (Å²) in [6.07, 6.45) is 1.47. The predicted octanol–water partition coefficient (Wildman–Crippen LogP) is -1.24. The molecular formula is C32H28Cl2CuN4O4. The molecule has 0 atom stereocenters. The summed E-state index contributed by atoms with van der Waals surface area (Å²) < 4.78 is 0. The van der Waals surface area contributed by atoms with Crippen LogP contribution in [-0.4, -0.2) is 46.5 Å². The number of phenolic OH excluding ortho intramolecular Hbond substituents is 2. The molecule has 1 radical (unpaired) electrons. The number of fused-ring (bicyclic) bond motifs is 2. The number of nitrogens with zero attached hydrogens (tertiary/aromatic N) is 2. The molecule has 0 spiro atoms. The number of rotatable bonds is 6. The first-order valence-electron chi connectivity index (χ1n) is 12.9. The van der Waals surface area contributed by atoms with E-state index in [4.69, 9.17) is 0 Å². The summed E-state index contributed by atoms with van der Waals surface area (Å²) in [6.45, 7) is 1.09. The number of halogens is 2. The quantitative estimate of drug-likeness (QED) is 0.192. The summed E-state index contributed by atoms with van der Waals surface area (Å²) in [5, 5.41) is 24.0. The van der Waals surface area contributed by atoms with Crippen molar-refractivity contribution < 1.29 is 61.7 Å². The van der Waals surface area contributed by atoms with Crippen LogP contribution in [0.1, 0.15) is 22.3 Å². The van der Waals surface area contributed by atoms with Gasteiger partial charge in [0.2, 0.25) is 0 Å². The van der Waals surface area contributed by atoms with Gasteiger partial charge >= 0.3 is 17.1 Å². The van der Waals surface area contributed by atoms with E-state index in [1.807, 2.05) is 72.8 Å². The van der Waals surface area contributed by atoms with Gasteiger partial charge in [-0.15, -0.1) is 0 Å². The minimum absolute atomic E-state index is 0. The van der Waals surface area contributed by atoms with Crippen LogP contribution in [0.25, 0.3) is 0 Å². The number of hydrogen-bond donors (Lipinski definition) is 4. The molecule has 2 amide bonds. The predicted molar refractivity (Wildman–Crippen MR) is 157 cm³/mol. The fraction of sp³-hybridized carbons (Fsp3) is 0.125. The van der Waals surface area contributed by atoms with Crippen molar-refractivity contribution in [3.8, 4) is 11.5 Å². The molecule has 8 nitrogen and oxygen atoms in total. The second-order valence-corrected chi connectivity index (χ2v) is 9.29. The van der Waals surface area contributed by atoms with Crippen molar-refractivity contribution in [2.75, 3.05) is 23.7 Å². The second-order valence-electron chi connectivity index (χ2n) is 9.29. The number of carbonyl (C=O) groups is 2. The number of phenols is 2. The molecule has 0 bridgehead atoms. The van der Waals surface area contributed by atoms with Crippen molar-refractivity contribution in [1.82, 2.24) is 0 Å². The zero-order valence-corrected chi connectivity index (χ0v) is 25.2. The van der Waals surface area contributed by atoms with Crippen LogP contribution in [0.4, 0.5) is 11.4 Å². The number of nitrogens with one attached hydrogen (secondary N) is 2. The topological polar surface area (TPSA) is 123 Å². The second kappa shape index (κ2) is 16.5. The maximum Gasteiger partial charge on any atom is 2.00 e. The Balaban J connectivity index is 0.000000281. The Morgan fingerprint density at radius 3 is 1.26 bits per heavy atom. The van der Waals surface area contributed by atoms with Gasteiger partial charge in [-0.05, 0) is 60.4 Å². The summed E-state index contributed by atoms with van der Waals surface area (Å²) in [5.74, 6) is 0.224. The third-order valence-corrected chi connectivity index (χ3v) is 6.50. The van der Waals surface area contributed by atoms with Crippen molar-refractivity contribution in [2.45, 2.75) is 12.8 Å². The van der Waals surface area contributed by atoms with E-state index in [2.05, 4.69) is 20.6 Å². The maximum absolute atomic E-state index is 11.8. The third-order valence-electron chi connectivity index (χ3n) is 6.50. The molecule has 2 aliphatic heterocycles. The Bertz CT molecular complexity index is 1490. The molecule has 0 saturated heterocycles. The maximum atomic E-state index is 11.8. The molecular weight excluding hydrogens is 639 g/mol. The molecule has 4 aromatic carbocycles. The smallest absolute Gasteiger partial charge is 1.00 e.